The van der Waals surface area contributed by atoms with Crippen molar-refractivity contribution < 1.29 is 17.9 Å². The standard InChI is InChI=1S/C26H30N2O4S/c1-31-23-10-8-21(9-11-23)25-18-24(32-2)12-13-26(25)33(29,30)28(22-14-16-27-17-15-22)19-20-6-4-3-5-7-20/h3-13,18,22,27H,14-17,19H2,1-2H3. The number of hydrogen-bond acceptors (Lipinski definition) is 5. The highest BCUT2D eigenvalue weighted by Gasteiger charge is 2.34. The summed E-state index contributed by atoms with van der Waals surface area (Å²) in [6.45, 7) is 1.95. The Morgan fingerprint density at radius 1 is 0.879 bits per heavy atom. The molecule has 174 valence electrons. The number of piperidine rings is 1. The van der Waals surface area contributed by atoms with E-state index in [2.05, 4.69) is 5.32 Å². The van der Waals surface area contributed by atoms with Crippen molar-refractivity contribution in [3.05, 3.63) is 78.4 Å². The van der Waals surface area contributed by atoms with Gasteiger partial charge in [-0.3, -0.25) is 0 Å². The van der Waals surface area contributed by atoms with Crippen molar-refractivity contribution in [2.75, 3.05) is 27.3 Å². The van der Waals surface area contributed by atoms with E-state index in [-0.39, 0.29) is 10.9 Å². The Balaban J connectivity index is 1.81. The van der Waals surface area contributed by atoms with Gasteiger partial charge in [0.2, 0.25) is 10.0 Å². The zero-order valence-corrected chi connectivity index (χ0v) is 19.8. The van der Waals surface area contributed by atoms with Gasteiger partial charge in [0.05, 0.1) is 19.1 Å². The van der Waals surface area contributed by atoms with Crippen molar-refractivity contribution in [2.45, 2.75) is 30.3 Å². The fraction of sp³-hybridized carbons (Fsp3) is 0.308. The number of hydrogen-bond donors (Lipinski definition) is 1. The molecule has 0 spiro atoms. The number of rotatable bonds is 8. The molecule has 1 aliphatic rings. The quantitative estimate of drug-likeness (QED) is 0.536. The highest BCUT2D eigenvalue weighted by Crippen LogP contribution is 2.35. The molecule has 7 heteroatoms. The number of benzene rings is 3. The van der Waals surface area contributed by atoms with E-state index >= 15 is 0 Å². The summed E-state index contributed by atoms with van der Waals surface area (Å²) in [4.78, 5) is 0.280. The van der Waals surface area contributed by atoms with E-state index in [1.807, 2.05) is 54.6 Å². The van der Waals surface area contributed by atoms with Gasteiger partial charge in [-0.1, -0.05) is 42.5 Å². The van der Waals surface area contributed by atoms with Crippen molar-refractivity contribution >= 4 is 10.0 Å². The molecule has 3 aromatic rings. The molecule has 1 N–H and O–H groups in total. The van der Waals surface area contributed by atoms with Crippen LogP contribution in [0.3, 0.4) is 0 Å². The van der Waals surface area contributed by atoms with Crippen LogP contribution in [0.15, 0.2) is 77.7 Å². The van der Waals surface area contributed by atoms with E-state index in [4.69, 9.17) is 9.47 Å². The van der Waals surface area contributed by atoms with Crippen molar-refractivity contribution in [1.29, 1.82) is 0 Å². The lowest BCUT2D eigenvalue weighted by Crippen LogP contribution is -2.45. The first-order chi connectivity index (χ1) is 16.0. The molecular formula is C26H30N2O4S. The number of ether oxygens (including phenoxy) is 2. The summed E-state index contributed by atoms with van der Waals surface area (Å²) in [7, 11) is -0.610. The Kier molecular flexibility index (Phi) is 7.33. The summed E-state index contributed by atoms with van der Waals surface area (Å²) in [6.07, 6.45) is 1.56. The second-order valence-electron chi connectivity index (χ2n) is 8.11. The van der Waals surface area contributed by atoms with E-state index in [9.17, 15) is 8.42 Å². The number of sulfonamides is 1. The van der Waals surface area contributed by atoms with E-state index in [0.717, 1.165) is 37.1 Å². The highest BCUT2D eigenvalue weighted by atomic mass is 32.2. The lowest BCUT2D eigenvalue weighted by molar-refractivity contribution is 0.256. The minimum absolute atomic E-state index is 0.0673. The summed E-state index contributed by atoms with van der Waals surface area (Å²) in [5.74, 6) is 1.32. The molecule has 0 unspecified atom stereocenters. The van der Waals surface area contributed by atoms with E-state index in [1.165, 1.54) is 0 Å². The average molecular weight is 467 g/mol. The third kappa shape index (κ3) is 5.21. The molecule has 0 saturated carbocycles. The summed E-state index contributed by atoms with van der Waals surface area (Å²) in [5.41, 5.74) is 2.38. The zero-order valence-electron chi connectivity index (χ0n) is 19.0. The molecular weight excluding hydrogens is 436 g/mol. The minimum atomic E-state index is -3.80. The molecule has 3 aromatic carbocycles. The van der Waals surface area contributed by atoms with E-state index < -0.39 is 10.0 Å². The lowest BCUT2D eigenvalue weighted by Gasteiger charge is -2.34. The zero-order chi connectivity index (χ0) is 23.3. The van der Waals surface area contributed by atoms with Gasteiger partial charge in [0.15, 0.2) is 0 Å². The summed E-state index contributed by atoms with van der Waals surface area (Å²) in [5, 5.41) is 3.34. The lowest BCUT2D eigenvalue weighted by atomic mass is 10.1. The molecule has 1 aliphatic heterocycles. The minimum Gasteiger partial charge on any atom is -0.497 e. The highest BCUT2D eigenvalue weighted by molar-refractivity contribution is 7.89. The van der Waals surface area contributed by atoms with Crippen LogP contribution in [0.4, 0.5) is 0 Å². The van der Waals surface area contributed by atoms with Gasteiger partial charge in [-0.15, -0.1) is 0 Å². The Labute approximate surface area is 196 Å². The van der Waals surface area contributed by atoms with Crippen LogP contribution in [0.5, 0.6) is 11.5 Å². The van der Waals surface area contributed by atoms with E-state index in [0.29, 0.717) is 23.6 Å². The molecule has 1 saturated heterocycles. The molecule has 33 heavy (non-hydrogen) atoms. The summed E-state index contributed by atoms with van der Waals surface area (Å²) >= 11 is 0. The van der Waals surface area contributed by atoms with Crippen LogP contribution in [-0.2, 0) is 16.6 Å². The molecule has 0 aromatic heterocycles. The second-order valence-corrected chi connectivity index (χ2v) is 9.97. The Morgan fingerprint density at radius 2 is 1.52 bits per heavy atom. The largest absolute Gasteiger partial charge is 0.497 e. The van der Waals surface area contributed by atoms with Gasteiger partial charge < -0.3 is 14.8 Å². The van der Waals surface area contributed by atoms with Crippen LogP contribution < -0.4 is 14.8 Å². The van der Waals surface area contributed by atoms with Crippen LogP contribution in [0.2, 0.25) is 0 Å². The number of nitrogens with zero attached hydrogens (tertiary/aromatic N) is 1. The van der Waals surface area contributed by atoms with Crippen LogP contribution in [-0.4, -0.2) is 46.1 Å². The molecule has 0 amide bonds. The molecule has 0 radical (unpaired) electrons. The van der Waals surface area contributed by atoms with Gasteiger partial charge >= 0.3 is 0 Å². The van der Waals surface area contributed by atoms with Crippen molar-refractivity contribution in [3.63, 3.8) is 0 Å². The first-order valence-electron chi connectivity index (χ1n) is 11.1. The van der Waals surface area contributed by atoms with Crippen molar-refractivity contribution in [3.8, 4) is 22.6 Å². The smallest absolute Gasteiger partial charge is 0.244 e. The molecule has 6 nitrogen and oxygen atoms in total. The Bertz CT molecular complexity index is 1160. The normalized spacial score (nSPS) is 14.9. The number of methoxy groups -OCH3 is 2. The fourth-order valence-electron chi connectivity index (χ4n) is 4.25. The molecule has 0 atom stereocenters. The van der Waals surface area contributed by atoms with E-state index in [1.54, 1.807) is 36.7 Å². The first-order valence-corrected chi connectivity index (χ1v) is 12.6. The van der Waals surface area contributed by atoms with Crippen LogP contribution in [0.1, 0.15) is 18.4 Å². The maximum Gasteiger partial charge on any atom is 0.244 e. The predicted octanol–water partition coefficient (Wildman–Crippen LogP) is 4.31. The van der Waals surface area contributed by atoms with Crippen molar-refractivity contribution in [2.24, 2.45) is 0 Å². The maximum absolute atomic E-state index is 14.2. The SMILES string of the molecule is COc1ccc(-c2cc(OC)ccc2S(=O)(=O)N(Cc2ccccc2)C2CCNCC2)cc1. The fourth-order valence-corrected chi connectivity index (χ4v) is 6.12. The maximum atomic E-state index is 14.2. The van der Waals surface area contributed by atoms with Crippen LogP contribution in [0.25, 0.3) is 11.1 Å². The molecule has 0 bridgehead atoms. The third-order valence-corrected chi connectivity index (χ3v) is 8.03. The van der Waals surface area contributed by atoms with Gasteiger partial charge in [0.1, 0.15) is 11.5 Å². The molecule has 4 rings (SSSR count). The molecule has 1 heterocycles. The van der Waals surface area contributed by atoms with Crippen molar-refractivity contribution in [1.82, 2.24) is 9.62 Å². The van der Waals surface area contributed by atoms with Gasteiger partial charge in [0, 0.05) is 18.2 Å². The van der Waals surface area contributed by atoms with Gasteiger partial charge in [-0.05, 0) is 67.4 Å². The molecule has 1 fully saturated rings. The first kappa shape index (κ1) is 23.3. The average Bonchev–Trinajstić information content (AvgIpc) is 2.88. The molecule has 0 aliphatic carbocycles. The Morgan fingerprint density at radius 3 is 2.15 bits per heavy atom. The van der Waals surface area contributed by atoms with Gasteiger partial charge in [0.25, 0.3) is 0 Å². The predicted molar refractivity (Wildman–Crippen MR) is 130 cm³/mol. The summed E-state index contributed by atoms with van der Waals surface area (Å²) in [6, 6.07) is 22.3. The van der Waals surface area contributed by atoms with Crippen LogP contribution >= 0.6 is 0 Å². The second kappa shape index (κ2) is 10.4. The summed E-state index contributed by atoms with van der Waals surface area (Å²) < 4.78 is 40.8. The monoisotopic (exact) mass is 466 g/mol. The number of nitrogens with one attached hydrogen (secondary N) is 1. The third-order valence-electron chi connectivity index (χ3n) is 6.07. The van der Waals surface area contributed by atoms with Gasteiger partial charge in [-0.25, -0.2) is 8.42 Å². The van der Waals surface area contributed by atoms with Gasteiger partial charge in [-0.2, -0.15) is 4.31 Å². The Hall–Kier alpha value is -2.87. The topological polar surface area (TPSA) is 67.9 Å². The van der Waals surface area contributed by atoms with Crippen LogP contribution in [0, 0.1) is 0 Å².